The average molecular weight is 347 g/mol. The smallest absolute Gasteiger partial charge is 0.257 e. The molecule has 1 heterocycles. The molecular weight excluding hydrogens is 326 g/mol. The van der Waals surface area contributed by atoms with Crippen LogP contribution < -0.4 is 15.4 Å². The Morgan fingerprint density at radius 2 is 2.00 bits per heavy atom. The van der Waals surface area contributed by atoms with E-state index in [1.807, 2.05) is 0 Å². The van der Waals surface area contributed by atoms with Gasteiger partial charge in [0.25, 0.3) is 5.91 Å². The van der Waals surface area contributed by atoms with E-state index in [0.29, 0.717) is 28.7 Å². The first-order chi connectivity index (χ1) is 11.6. The normalized spacial score (nSPS) is 10.2. The van der Waals surface area contributed by atoms with Crippen molar-refractivity contribution in [3.8, 4) is 5.75 Å². The molecular formula is C17H21N3O3S. The maximum atomic E-state index is 12.2. The molecule has 0 bridgehead atoms. The van der Waals surface area contributed by atoms with E-state index in [1.54, 1.807) is 36.8 Å². The fourth-order valence-electron chi connectivity index (χ4n) is 1.99. The van der Waals surface area contributed by atoms with Crippen molar-refractivity contribution in [1.29, 1.82) is 0 Å². The van der Waals surface area contributed by atoms with Gasteiger partial charge in [-0.2, -0.15) is 0 Å². The molecule has 0 spiro atoms. The minimum absolute atomic E-state index is 0.0539. The van der Waals surface area contributed by atoms with Crippen LogP contribution in [0, 0.1) is 0 Å². The zero-order valence-electron chi connectivity index (χ0n) is 13.8. The lowest BCUT2D eigenvalue weighted by molar-refractivity contribution is -0.120. The molecule has 24 heavy (non-hydrogen) atoms. The van der Waals surface area contributed by atoms with Crippen LogP contribution in [0.4, 0.5) is 5.13 Å². The Morgan fingerprint density at radius 1 is 1.25 bits per heavy atom. The summed E-state index contributed by atoms with van der Waals surface area (Å²) in [4.78, 5) is 28.2. The number of carbonyl (C=O) groups is 2. The van der Waals surface area contributed by atoms with Gasteiger partial charge in [-0.15, -0.1) is 11.3 Å². The number of carbonyl (C=O) groups excluding carboxylic acids is 2. The van der Waals surface area contributed by atoms with Crippen molar-refractivity contribution < 1.29 is 14.3 Å². The highest BCUT2D eigenvalue weighted by Crippen LogP contribution is 2.18. The third-order valence-electron chi connectivity index (χ3n) is 3.32. The Bertz CT molecular complexity index is 683. The highest BCUT2D eigenvalue weighted by molar-refractivity contribution is 7.14. The summed E-state index contributed by atoms with van der Waals surface area (Å²) in [5.74, 6) is 0.393. The molecule has 7 heteroatoms. The van der Waals surface area contributed by atoms with Crippen LogP contribution in [0.3, 0.4) is 0 Å². The number of hydrogen-bond donors (Lipinski definition) is 2. The van der Waals surface area contributed by atoms with Crippen molar-refractivity contribution in [1.82, 2.24) is 10.3 Å². The molecule has 0 aliphatic carbocycles. The first-order valence-electron chi connectivity index (χ1n) is 7.79. The van der Waals surface area contributed by atoms with Gasteiger partial charge in [-0.05, 0) is 30.7 Å². The largest absolute Gasteiger partial charge is 0.497 e. The predicted octanol–water partition coefficient (Wildman–Crippen LogP) is 2.86. The number of nitrogens with one attached hydrogen (secondary N) is 2. The average Bonchev–Trinajstić information content (AvgIpc) is 3.02. The third-order valence-corrected chi connectivity index (χ3v) is 4.13. The van der Waals surface area contributed by atoms with Crippen LogP contribution in [-0.2, 0) is 11.2 Å². The van der Waals surface area contributed by atoms with Crippen LogP contribution >= 0.6 is 11.3 Å². The number of amides is 2. The topological polar surface area (TPSA) is 80.3 Å². The van der Waals surface area contributed by atoms with E-state index in [0.717, 1.165) is 12.8 Å². The van der Waals surface area contributed by atoms with E-state index >= 15 is 0 Å². The molecule has 1 aromatic heterocycles. The first-order valence-corrected chi connectivity index (χ1v) is 8.67. The number of unbranched alkanes of at least 4 members (excludes halogenated alkanes) is 1. The summed E-state index contributed by atoms with van der Waals surface area (Å²) in [6, 6.07) is 6.82. The van der Waals surface area contributed by atoms with Crippen molar-refractivity contribution in [3.05, 3.63) is 40.9 Å². The lowest BCUT2D eigenvalue weighted by Gasteiger charge is -2.03. The summed E-state index contributed by atoms with van der Waals surface area (Å²) in [6.07, 6.45) is 2.23. The maximum absolute atomic E-state index is 12.2. The summed E-state index contributed by atoms with van der Waals surface area (Å²) in [5, 5.41) is 7.84. The van der Waals surface area contributed by atoms with Crippen molar-refractivity contribution >= 4 is 28.3 Å². The molecule has 0 aliphatic heterocycles. The SMILES string of the molecule is CCCCNC(=O)Cc1csc(NC(=O)c2ccc(OC)cc2)n1. The van der Waals surface area contributed by atoms with Gasteiger partial charge in [0.05, 0.1) is 19.2 Å². The van der Waals surface area contributed by atoms with Gasteiger partial charge in [0, 0.05) is 17.5 Å². The van der Waals surface area contributed by atoms with Crippen molar-refractivity contribution in [3.63, 3.8) is 0 Å². The third kappa shape index (κ3) is 5.34. The van der Waals surface area contributed by atoms with E-state index in [1.165, 1.54) is 11.3 Å². The lowest BCUT2D eigenvalue weighted by Crippen LogP contribution is -2.26. The Balaban J connectivity index is 1.88. The quantitative estimate of drug-likeness (QED) is 0.720. The second-order valence-corrected chi connectivity index (χ2v) is 6.07. The fraction of sp³-hybridized carbons (Fsp3) is 0.353. The molecule has 0 saturated heterocycles. The van der Waals surface area contributed by atoms with Gasteiger partial charge in [0.1, 0.15) is 5.75 Å². The summed E-state index contributed by atoms with van der Waals surface area (Å²) < 4.78 is 5.06. The van der Waals surface area contributed by atoms with Gasteiger partial charge < -0.3 is 10.1 Å². The zero-order chi connectivity index (χ0) is 17.4. The molecule has 0 fully saturated rings. The van der Waals surface area contributed by atoms with E-state index in [9.17, 15) is 9.59 Å². The molecule has 1 aromatic carbocycles. The van der Waals surface area contributed by atoms with Gasteiger partial charge >= 0.3 is 0 Å². The predicted molar refractivity (Wildman–Crippen MR) is 94.7 cm³/mol. The van der Waals surface area contributed by atoms with Crippen molar-refractivity contribution in [2.45, 2.75) is 26.2 Å². The number of hydrogen-bond acceptors (Lipinski definition) is 5. The molecule has 0 aliphatic rings. The maximum Gasteiger partial charge on any atom is 0.257 e. The highest BCUT2D eigenvalue weighted by atomic mass is 32.1. The van der Waals surface area contributed by atoms with Crippen molar-refractivity contribution in [2.75, 3.05) is 19.0 Å². The minimum atomic E-state index is -0.244. The number of thiazole rings is 1. The molecule has 2 rings (SSSR count). The molecule has 6 nitrogen and oxygen atoms in total. The highest BCUT2D eigenvalue weighted by Gasteiger charge is 2.11. The number of ether oxygens (including phenoxy) is 1. The van der Waals surface area contributed by atoms with Crippen LogP contribution in [0.25, 0.3) is 0 Å². The molecule has 2 aromatic rings. The van der Waals surface area contributed by atoms with Crippen LogP contribution in [0.1, 0.15) is 35.8 Å². The molecule has 0 saturated carbocycles. The Labute approximate surface area is 145 Å². The molecule has 0 unspecified atom stereocenters. The van der Waals surface area contributed by atoms with E-state index in [4.69, 9.17) is 4.74 Å². The molecule has 2 amide bonds. The van der Waals surface area contributed by atoms with E-state index in [2.05, 4.69) is 22.5 Å². The number of rotatable bonds is 8. The second kappa shape index (κ2) is 9.02. The van der Waals surface area contributed by atoms with Crippen LogP contribution in [0.15, 0.2) is 29.6 Å². The molecule has 2 N–H and O–H groups in total. The van der Waals surface area contributed by atoms with Crippen LogP contribution in [-0.4, -0.2) is 30.5 Å². The number of aromatic nitrogens is 1. The minimum Gasteiger partial charge on any atom is -0.497 e. The van der Waals surface area contributed by atoms with E-state index < -0.39 is 0 Å². The Kier molecular flexibility index (Phi) is 6.74. The Hall–Kier alpha value is -2.41. The van der Waals surface area contributed by atoms with Gasteiger partial charge in [-0.25, -0.2) is 4.98 Å². The molecule has 128 valence electrons. The zero-order valence-corrected chi connectivity index (χ0v) is 14.6. The molecule has 0 atom stereocenters. The number of nitrogens with zero attached hydrogens (tertiary/aromatic N) is 1. The Morgan fingerprint density at radius 3 is 2.67 bits per heavy atom. The summed E-state index contributed by atoms with van der Waals surface area (Å²) >= 11 is 1.30. The first kappa shape index (κ1) is 17.9. The summed E-state index contributed by atoms with van der Waals surface area (Å²) in [6.45, 7) is 2.75. The van der Waals surface area contributed by atoms with Crippen LogP contribution in [0.2, 0.25) is 0 Å². The summed E-state index contributed by atoms with van der Waals surface area (Å²) in [7, 11) is 1.57. The monoisotopic (exact) mass is 347 g/mol. The number of methoxy groups -OCH3 is 1. The standard InChI is InChI=1S/C17H21N3O3S/c1-3-4-9-18-15(21)10-13-11-24-17(19-13)20-16(22)12-5-7-14(23-2)8-6-12/h5-8,11H,3-4,9-10H2,1-2H3,(H,18,21)(H,19,20,22). The molecule has 0 radical (unpaired) electrons. The lowest BCUT2D eigenvalue weighted by atomic mass is 10.2. The second-order valence-electron chi connectivity index (χ2n) is 5.21. The van der Waals surface area contributed by atoms with Gasteiger partial charge in [-0.3, -0.25) is 14.9 Å². The van der Waals surface area contributed by atoms with Crippen LogP contribution in [0.5, 0.6) is 5.75 Å². The summed E-state index contributed by atoms with van der Waals surface area (Å²) in [5.41, 5.74) is 1.17. The van der Waals surface area contributed by atoms with Gasteiger partial charge in [-0.1, -0.05) is 13.3 Å². The number of anilines is 1. The van der Waals surface area contributed by atoms with Gasteiger partial charge in [0.15, 0.2) is 5.13 Å². The van der Waals surface area contributed by atoms with Crippen molar-refractivity contribution in [2.24, 2.45) is 0 Å². The van der Waals surface area contributed by atoms with Gasteiger partial charge in [0.2, 0.25) is 5.91 Å². The van der Waals surface area contributed by atoms with E-state index in [-0.39, 0.29) is 18.2 Å². The number of benzene rings is 1. The fourth-order valence-corrected chi connectivity index (χ4v) is 2.69.